The Balaban J connectivity index is 2.39. The molecule has 2 rings (SSSR count). The van der Waals surface area contributed by atoms with Crippen molar-refractivity contribution in [1.82, 2.24) is 20.3 Å². The van der Waals surface area contributed by atoms with Crippen LogP contribution in [0.4, 0.5) is 0 Å². The fourth-order valence-electron chi connectivity index (χ4n) is 2.34. The van der Waals surface area contributed by atoms with Gasteiger partial charge in [-0.1, -0.05) is 30.3 Å². The van der Waals surface area contributed by atoms with E-state index < -0.39 is 0 Å². The van der Waals surface area contributed by atoms with Gasteiger partial charge in [-0.2, -0.15) is 0 Å². The van der Waals surface area contributed by atoms with Crippen LogP contribution in [0.3, 0.4) is 0 Å². The minimum Gasteiger partial charge on any atom is -0.494 e. The van der Waals surface area contributed by atoms with Gasteiger partial charge < -0.3 is 10.1 Å². The van der Waals surface area contributed by atoms with Crippen molar-refractivity contribution in [3.63, 3.8) is 0 Å². The standard InChI is InChI=1S/C15H22N4O/c1-4-10-19-13(11-17-18-19)15(16-3)12-8-6-7-9-14(12)20-5-2/h6-9,11,15-16H,4-5,10H2,1-3H3. The normalized spacial score (nSPS) is 12.3. The molecule has 2 aromatic rings. The van der Waals surface area contributed by atoms with Crippen LogP contribution in [0.25, 0.3) is 0 Å². The highest BCUT2D eigenvalue weighted by atomic mass is 16.5. The highest BCUT2D eigenvalue weighted by molar-refractivity contribution is 5.39. The molecule has 0 amide bonds. The molecule has 1 heterocycles. The summed E-state index contributed by atoms with van der Waals surface area (Å²) in [5.41, 5.74) is 2.16. The zero-order valence-corrected chi connectivity index (χ0v) is 12.3. The minimum absolute atomic E-state index is 0.0271. The third-order valence-corrected chi connectivity index (χ3v) is 3.20. The number of para-hydroxylation sites is 1. The Labute approximate surface area is 120 Å². The molecule has 0 spiro atoms. The number of ether oxygens (including phenoxy) is 1. The van der Waals surface area contributed by atoms with Gasteiger partial charge in [0, 0.05) is 12.1 Å². The monoisotopic (exact) mass is 274 g/mol. The molecule has 0 saturated heterocycles. The first-order valence-corrected chi connectivity index (χ1v) is 7.09. The van der Waals surface area contributed by atoms with E-state index >= 15 is 0 Å². The molecule has 0 aliphatic heterocycles. The van der Waals surface area contributed by atoms with Gasteiger partial charge in [-0.3, -0.25) is 0 Å². The van der Waals surface area contributed by atoms with Crippen LogP contribution in [0, 0.1) is 0 Å². The zero-order valence-electron chi connectivity index (χ0n) is 12.3. The van der Waals surface area contributed by atoms with Gasteiger partial charge in [0.2, 0.25) is 0 Å². The SMILES string of the molecule is CCCn1nncc1C(NC)c1ccccc1OCC. The fraction of sp³-hybridized carbons (Fsp3) is 0.467. The van der Waals surface area contributed by atoms with Crippen LogP contribution in [0.2, 0.25) is 0 Å². The van der Waals surface area contributed by atoms with Crippen molar-refractivity contribution in [3.8, 4) is 5.75 Å². The Kier molecular flexibility index (Phi) is 5.12. The van der Waals surface area contributed by atoms with Crippen LogP contribution in [0.1, 0.15) is 37.6 Å². The molecule has 20 heavy (non-hydrogen) atoms. The largest absolute Gasteiger partial charge is 0.494 e. The van der Waals surface area contributed by atoms with Crippen LogP contribution in [0.15, 0.2) is 30.5 Å². The highest BCUT2D eigenvalue weighted by Gasteiger charge is 2.20. The molecule has 1 aromatic heterocycles. The number of rotatable bonds is 7. The number of hydrogen-bond donors (Lipinski definition) is 1. The predicted molar refractivity (Wildman–Crippen MR) is 78.8 cm³/mol. The van der Waals surface area contributed by atoms with E-state index in [-0.39, 0.29) is 6.04 Å². The van der Waals surface area contributed by atoms with Gasteiger partial charge in [0.1, 0.15) is 5.75 Å². The van der Waals surface area contributed by atoms with E-state index in [4.69, 9.17) is 4.74 Å². The molecule has 5 heteroatoms. The second-order valence-electron chi connectivity index (χ2n) is 4.57. The summed E-state index contributed by atoms with van der Waals surface area (Å²) in [4.78, 5) is 0. The van der Waals surface area contributed by atoms with Crippen molar-refractivity contribution in [2.45, 2.75) is 32.9 Å². The lowest BCUT2D eigenvalue weighted by Gasteiger charge is -2.20. The average molecular weight is 274 g/mol. The Morgan fingerprint density at radius 1 is 1.30 bits per heavy atom. The van der Waals surface area contributed by atoms with E-state index in [0.717, 1.165) is 30.0 Å². The second-order valence-corrected chi connectivity index (χ2v) is 4.57. The van der Waals surface area contributed by atoms with Gasteiger partial charge in [-0.15, -0.1) is 5.10 Å². The lowest BCUT2D eigenvalue weighted by atomic mass is 10.0. The summed E-state index contributed by atoms with van der Waals surface area (Å²) >= 11 is 0. The Morgan fingerprint density at radius 3 is 2.80 bits per heavy atom. The minimum atomic E-state index is 0.0271. The van der Waals surface area contributed by atoms with E-state index in [1.807, 2.05) is 43.0 Å². The molecule has 0 fully saturated rings. The summed E-state index contributed by atoms with van der Waals surface area (Å²) in [6, 6.07) is 8.12. The maximum absolute atomic E-state index is 5.73. The number of nitrogens with zero attached hydrogens (tertiary/aromatic N) is 3. The van der Waals surface area contributed by atoms with Crippen molar-refractivity contribution in [3.05, 3.63) is 41.7 Å². The lowest BCUT2D eigenvalue weighted by molar-refractivity contribution is 0.333. The summed E-state index contributed by atoms with van der Waals surface area (Å²) < 4.78 is 7.68. The van der Waals surface area contributed by atoms with Crippen molar-refractivity contribution in [1.29, 1.82) is 0 Å². The zero-order chi connectivity index (χ0) is 14.4. The number of hydrogen-bond acceptors (Lipinski definition) is 4. The first kappa shape index (κ1) is 14.5. The van der Waals surface area contributed by atoms with Gasteiger partial charge in [0.15, 0.2) is 0 Å². The number of aromatic nitrogens is 3. The van der Waals surface area contributed by atoms with Crippen LogP contribution in [0.5, 0.6) is 5.75 Å². The van der Waals surface area contributed by atoms with Gasteiger partial charge >= 0.3 is 0 Å². The van der Waals surface area contributed by atoms with Crippen molar-refractivity contribution < 1.29 is 4.74 Å². The third-order valence-electron chi connectivity index (χ3n) is 3.20. The number of nitrogens with one attached hydrogen (secondary N) is 1. The van der Waals surface area contributed by atoms with E-state index in [0.29, 0.717) is 6.61 Å². The molecule has 0 radical (unpaired) electrons. The van der Waals surface area contributed by atoms with Crippen LogP contribution >= 0.6 is 0 Å². The highest BCUT2D eigenvalue weighted by Crippen LogP contribution is 2.29. The van der Waals surface area contributed by atoms with Crippen LogP contribution in [-0.2, 0) is 6.54 Å². The summed E-state index contributed by atoms with van der Waals surface area (Å²) in [6.07, 6.45) is 2.85. The first-order chi connectivity index (χ1) is 9.81. The molecular formula is C15H22N4O. The van der Waals surface area contributed by atoms with Crippen molar-refractivity contribution in [2.24, 2.45) is 0 Å². The molecule has 0 bridgehead atoms. The number of benzene rings is 1. The fourth-order valence-corrected chi connectivity index (χ4v) is 2.34. The summed E-state index contributed by atoms with van der Waals surface area (Å²) in [7, 11) is 1.94. The van der Waals surface area contributed by atoms with Crippen LogP contribution < -0.4 is 10.1 Å². The Morgan fingerprint density at radius 2 is 2.10 bits per heavy atom. The molecule has 0 saturated carbocycles. The predicted octanol–water partition coefficient (Wildman–Crippen LogP) is 2.40. The van der Waals surface area contributed by atoms with Gasteiger partial charge in [-0.25, -0.2) is 4.68 Å². The quantitative estimate of drug-likeness (QED) is 0.842. The second kappa shape index (κ2) is 7.05. The third kappa shape index (κ3) is 2.99. The summed E-state index contributed by atoms with van der Waals surface area (Å²) in [6.45, 7) is 5.65. The Bertz CT molecular complexity index is 538. The first-order valence-electron chi connectivity index (χ1n) is 7.09. The van der Waals surface area contributed by atoms with E-state index in [1.165, 1.54) is 0 Å². The van der Waals surface area contributed by atoms with E-state index in [9.17, 15) is 0 Å². The molecular weight excluding hydrogens is 252 g/mol. The molecule has 0 aliphatic carbocycles. The lowest BCUT2D eigenvalue weighted by Crippen LogP contribution is -2.22. The molecule has 108 valence electrons. The maximum Gasteiger partial charge on any atom is 0.124 e. The van der Waals surface area contributed by atoms with Gasteiger partial charge in [0.05, 0.1) is 24.5 Å². The van der Waals surface area contributed by atoms with E-state index in [1.54, 1.807) is 0 Å². The summed E-state index contributed by atoms with van der Waals surface area (Å²) in [5, 5.41) is 11.5. The molecule has 1 N–H and O–H groups in total. The molecule has 5 nitrogen and oxygen atoms in total. The molecule has 1 aromatic carbocycles. The molecule has 1 unspecified atom stereocenters. The van der Waals surface area contributed by atoms with Crippen molar-refractivity contribution in [2.75, 3.05) is 13.7 Å². The van der Waals surface area contributed by atoms with E-state index in [2.05, 4.69) is 28.6 Å². The van der Waals surface area contributed by atoms with Crippen molar-refractivity contribution >= 4 is 0 Å². The average Bonchev–Trinajstić information content (AvgIpc) is 2.91. The smallest absolute Gasteiger partial charge is 0.124 e. The maximum atomic E-state index is 5.73. The topological polar surface area (TPSA) is 52.0 Å². The molecule has 1 atom stereocenters. The molecule has 0 aliphatic rings. The summed E-state index contributed by atoms with van der Waals surface area (Å²) in [5.74, 6) is 0.901. The Hall–Kier alpha value is -1.88. The van der Waals surface area contributed by atoms with Gasteiger partial charge in [-0.05, 0) is 26.5 Å². The van der Waals surface area contributed by atoms with Gasteiger partial charge in [0.25, 0.3) is 0 Å². The number of aryl methyl sites for hydroxylation is 1. The van der Waals surface area contributed by atoms with Crippen LogP contribution in [-0.4, -0.2) is 28.6 Å².